The van der Waals surface area contributed by atoms with Gasteiger partial charge in [0.2, 0.25) is 0 Å². The number of aliphatic hydroxyl groups is 1. The first-order valence-electron chi connectivity index (χ1n) is 4.75. The molecule has 6 nitrogen and oxygen atoms in total. The van der Waals surface area contributed by atoms with Crippen molar-refractivity contribution in [2.75, 3.05) is 20.7 Å². The molecule has 2 N–H and O–H groups in total. The molecule has 0 spiro atoms. The minimum absolute atomic E-state index is 0.0581. The van der Waals surface area contributed by atoms with Crippen molar-refractivity contribution in [1.82, 2.24) is 5.32 Å². The topological polar surface area (TPSA) is 84.6 Å². The van der Waals surface area contributed by atoms with Crippen LogP contribution < -0.4 is 10.1 Å². The molecule has 0 saturated heterocycles. The third kappa shape index (κ3) is 2.68. The SMILES string of the molecule is CNCC(O)c1ccc([N+](=O)[O-])cc1OC. The second-order valence-corrected chi connectivity index (χ2v) is 3.26. The fourth-order valence-corrected chi connectivity index (χ4v) is 1.39. The molecule has 0 saturated carbocycles. The predicted octanol–water partition coefficient (Wildman–Crippen LogP) is 0.856. The normalized spacial score (nSPS) is 12.2. The summed E-state index contributed by atoms with van der Waals surface area (Å²) in [7, 11) is 3.12. The standard InChI is InChI=1S/C10H14N2O4/c1-11-6-9(13)8-4-3-7(12(14)15)5-10(8)16-2/h3-5,9,11,13H,6H2,1-2H3. The van der Waals surface area contributed by atoms with Gasteiger partial charge in [-0.25, -0.2) is 0 Å². The molecule has 0 radical (unpaired) electrons. The summed E-state index contributed by atoms with van der Waals surface area (Å²) in [5.74, 6) is 0.317. The Balaban J connectivity index is 3.06. The van der Waals surface area contributed by atoms with E-state index in [4.69, 9.17) is 4.74 Å². The molecule has 0 heterocycles. The van der Waals surface area contributed by atoms with Crippen molar-refractivity contribution in [2.45, 2.75) is 6.10 Å². The first kappa shape index (κ1) is 12.4. The van der Waals surface area contributed by atoms with Gasteiger partial charge in [-0.15, -0.1) is 0 Å². The zero-order chi connectivity index (χ0) is 12.1. The van der Waals surface area contributed by atoms with Crippen LogP contribution in [0.2, 0.25) is 0 Å². The van der Waals surface area contributed by atoms with Gasteiger partial charge in [-0.2, -0.15) is 0 Å². The average molecular weight is 226 g/mol. The molecule has 6 heteroatoms. The van der Waals surface area contributed by atoms with Gasteiger partial charge >= 0.3 is 0 Å². The minimum atomic E-state index is -0.749. The Morgan fingerprint density at radius 2 is 2.31 bits per heavy atom. The number of rotatable bonds is 5. The molecule has 0 amide bonds. The minimum Gasteiger partial charge on any atom is -0.496 e. The monoisotopic (exact) mass is 226 g/mol. The zero-order valence-electron chi connectivity index (χ0n) is 9.14. The Kier molecular flexibility index (Phi) is 4.21. The molecule has 1 atom stereocenters. The van der Waals surface area contributed by atoms with Gasteiger partial charge in [0.05, 0.1) is 24.2 Å². The number of nitro benzene ring substituents is 1. The fraction of sp³-hybridized carbons (Fsp3) is 0.400. The van der Waals surface area contributed by atoms with Crippen molar-refractivity contribution < 1.29 is 14.8 Å². The van der Waals surface area contributed by atoms with Gasteiger partial charge in [-0.05, 0) is 13.1 Å². The summed E-state index contributed by atoms with van der Waals surface area (Å²) in [6.07, 6.45) is -0.749. The predicted molar refractivity (Wildman–Crippen MR) is 58.5 cm³/mol. The molecule has 88 valence electrons. The van der Waals surface area contributed by atoms with Crippen LogP contribution in [0.15, 0.2) is 18.2 Å². The number of aliphatic hydroxyl groups excluding tert-OH is 1. The second kappa shape index (κ2) is 5.43. The van der Waals surface area contributed by atoms with Crippen LogP contribution in [0.1, 0.15) is 11.7 Å². The lowest BCUT2D eigenvalue weighted by Crippen LogP contribution is -2.17. The smallest absolute Gasteiger partial charge is 0.273 e. The van der Waals surface area contributed by atoms with Gasteiger partial charge in [0.15, 0.2) is 0 Å². The van der Waals surface area contributed by atoms with Gasteiger partial charge in [0.1, 0.15) is 5.75 Å². The van der Waals surface area contributed by atoms with Gasteiger partial charge in [-0.3, -0.25) is 10.1 Å². The zero-order valence-corrected chi connectivity index (χ0v) is 9.14. The molecule has 0 bridgehead atoms. The van der Waals surface area contributed by atoms with Crippen LogP contribution in [0.5, 0.6) is 5.75 Å². The highest BCUT2D eigenvalue weighted by Gasteiger charge is 2.16. The van der Waals surface area contributed by atoms with Gasteiger partial charge in [-0.1, -0.05) is 0 Å². The highest BCUT2D eigenvalue weighted by Crippen LogP contribution is 2.28. The number of nitrogens with zero attached hydrogens (tertiary/aromatic N) is 1. The summed E-state index contributed by atoms with van der Waals surface area (Å²) < 4.78 is 5.01. The summed E-state index contributed by atoms with van der Waals surface area (Å²) in [6.45, 7) is 0.355. The summed E-state index contributed by atoms with van der Waals surface area (Å²) in [6, 6.07) is 4.14. The average Bonchev–Trinajstić information content (AvgIpc) is 2.28. The van der Waals surface area contributed by atoms with Crippen molar-refractivity contribution in [3.63, 3.8) is 0 Å². The number of nitro groups is 1. The van der Waals surface area contributed by atoms with E-state index in [1.807, 2.05) is 0 Å². The summed E-state index contributed by atoms with van der Waals surface area (Å²) in [5.41, 5.74) is 0.472. The van der Waals surface area contributed by atoms with Crippen molar-refractivity contribution in [3.8, 4) is 5.75 Å². The summed E-state index contributed by atoms with van der Waals surface area (Å²) in [4.78, 5) is 10.0. The molecule has 0 aromatic heterocycles. The maximum absolute atomic E-state index is 10.6. The molecule has 1 unspecified atom stereocenters. The highest BCUT2D eigenvalue weighted by molar-refractivity contribution is 5.45. The van der Waals surface area contributed by atoms with Crippen molar-refractivity contribution in [3.05, 3.63) is 33.9 Å². The van der Waals surface area contributed by atoms with E-state index < -0.39 is 11.0 Å². The number of methoxy groups -OCH3 is 1. The van der Waals surface area contributed by atoms with Crippen molar-refractivity contribution >= 4 is 5.69 Å². The molecular formula is C10H14N2O4. The maximum Gasteiger partial charge on any atom is 0.273 e. The number of non-ortho nitro benzene ring substituents is 1. The van der Waals surface area contributed by atoms with E-state index in [-0.39, 0.29) is 5.69 Å². The van der Waals surface area contributed by atoms with Crippen LogP contribution in [0, 0.1) is 10.1 Å². The van der Waals surface area contributed by atoms with Gasteiger partial charge in [0.25, 0.3) is 5.69 Å². The molecule has 0 aliphatic carbocycles. The number of ether oxygens (including phenoxy) is 1. The molecule has 1 rings (SSSR count). The van der Waals surface area contributed by atoms with E-state index in [0.717, 1.165) is 0 Å². The Morgan fingerprint density at radius 1 is 1.62 bits per heavy atom. The van der Waals surface area contributed by atoms with E-state index in [0.29, 0.717) is 17.9 Å². The lowest BCUT2D eigenvalue weighted by Gasteiger charge is -2.13. The maximum atomic E-state index is 10.6. The van der Waals surface area contributed by atoms with E-state index in [1.54, 1.807) is 7.05 Å². The first-order chi connectivity index (χ1) is 7.60. The number of hydrogen-bond acceptors (Lipinski definition) is 5. The summed E-state index contributed by atoms with van der Waals surface area (Å²) in [5, 5.41) is 23.1. The van der Waals surface area contributed by atoms with Crippen molar-refractivity contribution in [1.29, 1.82) is 0 Å². The van der Waals surface area contributed by atoms with E-state index in [1.165, 1.54) is 25.3 Å². The summed E-state index contributed by atoms with van der Waals surface area (Å²) >= 11 is 0. The van der Waals surface area contributed by atoms with Gasteiger partial charge < -0.3 is 15.2 Å². The highest BCUT2D eigenvalue weighted by atomic mass is 16.6. The Labute approximate surface area is 93.0 Å². The van der Waals surface area contributed by atoms with Crippen LogP contribution >= 0.6 is 0 Å². The quantitative estimate of drug-likeness (QED) is 0.574. The van der Waals surface area contributed by atoms with E-state index >= 15 is 0 Å². The molecule has 0 fully saturated rings. The number of nitrogens with one attached hydrogen (secondary N) is 1. The fourth-order valence-electron chi connectivity index (χ4n) is 1.39. The number of benzene rings is 1. The molecule has 0 aliphatic heterocycles. The lowest BCUT2D eigenvalue weighted by atomic mass is 10.1. The first-order valence-corrected chi connectivity index (χ1v) is 4.75. The molecule has 1 aromatic rings. The van der Waals surface area contributed by atoms with E-state index in [2.05, 4.69) is 5.32 Å². The molecule has 1 aromatic carbocycles. The van der Waals surface area contributed by atoms with Crippen LogP contribution in [0.4, 0.5) is 5.69 Å². The third-order valence-corrected chi connectivity index (χ3v) is 2.18. The van der Waals surface area contributed by atoms with Crippen LogP contribution in [-0.4, -0.2) is 30.7 Å². The third-order valence-electron chi connectivity index (χ3n) is 2.18. The number of hydrogen-bond donors (Lipinski definition) is 2. The Bertz CT molecular complexity index is 381. The van der Waals surface area contributed by atoms with Gasteiger partial charge in [0, 0.05) is 18.2 Å². The van der Waals surface area contributed by atoms with Crippen LogP contribution in [0.3, 0.4) is 0 Å². The van der Waals surface area contributed by atoms with E-state index in [9.17, 15) is 15.2 Å². The van der Waals surface area contributed by atoms with Crippen molar-refractivity contribution in [2.24, 2.45) is 0 Å². The number of likely N-dealkylation sites (N-methyl/N-ethyl adjacent to an activating group) is 1. The molecule has 0 aliphatic rings. The molecular weight excluding hydrogens is 212 g/mol. The Hall–Kier alpha value is -1.66. The molecule has 16 heavy (non-hydrogen) atoms. The second-order valence-electron chi connectivity index (χ2n) is 3.26. The van der Waals surface area contributed by atoms with Crippen LogP contribution in [-0.2, 0) is 0 Å². The lowest BCUT2D eigenvalue weighted by molar-refractivity contribution is -0.384. The Morgan fingerprint density at radius 3 is 2.81 bits per heavy atom. The largest absolute Gasteiger partial charge is 0.496 e. The van der Waals surface area contributed by atoms with Crippen LogP contribution in [0.25, 0.3) is 0 Å².